The number of hydrogen-bond donors (Lipinski definition) is 0. The number of aryl methyl sites for hydroxylation is 1. The summed E-state index contributed by atoms with van der Waals surface area (Å²) < 4.78 is 68.6. The van der Waals surface area contributed by atoms with E-state index in [-0.39, 0.29) is 11.4 Å². The molecule has 9 heteroatoms. The monoisotopic (exact) mass is 600 g/mol. The molecule has 7 aromatic rings. The third-order valence-corrected chi connectivity index (χ3v) is 8.06. The summed E-state index contributed by atoms with van der Waals surface area (Å²) in [5.41, 5.74) is 1.43. The van der Waals surface area contributed by atoms with Gasteiger partial charge >= 0.3 is 6.18 Å². The van der Waals surface area contributed by atoms with Crippen molar-refractivity contribution in [1.82, 2.24) is 0 Å². The van der Waals surface area contributed by atoms with Crippen LogP contribution in [-0.2, 0) is 6.18 Å². The highest BCUT2D eigenvalue weighted by molar-refractivity contribution is 6.21. The van der Waals surface area contributed by atoms with Crippen molar-refractivity contribution in [3.05, 3.63) is 118 Å². The van der Waals surface area contributed by atoms with Crippen molar-refractivity contribution in [2.75, 3.05) is 0 Å². The Morgan fingerprint density at radius 3 is 1.44 bits per heavy atom. The zero-order valence-corrected chi connectivity index (χ0v) is 23.3. The first-order valence-corrected chi connectivity index (χ1v) is 13.6. The molecule has 0 bridgehead atoms. The molecule has 7 aromatic carbocycles. The molecule has 0 aromatic heterocycles. The summed E-state index contributed by atoms with van der Waals surface area (Å²) in [6.45, 7) is 1.80. The Hall–Kier alpha value is -5.93. The Labute approximate surface area is 251 Å². The van der Waals surface area contributed by atoms with Crippen LogP contribution < -0.4 is 10.7 Å². The van der Waals surface area contributed by atoms with Crippen molar-refractivity contribution in [2.45, 2.75) is 13.1 Å². The Bertz CT molecular complexity index is 2570. The number of rotatable bonds is 2. The fraction of sp³-hybridized carbons (Fsp3) is 0.0556. The lowest BCUT2D eigenvalue weighted by Gasteiger charge is -2.10. The molecular weight excluding hydrogens is 583 g/mol. The minimum atomic E-state index is -4.73. The zero-order valence-electron chi connectivity index (χ0n) is 23.3. The van der Waals surface area contributed by atoms with E-state index in [1.165, 1.54) is 12.1 Å². The van der Waals surface area contributed by atoms with Gasteiger partial charge in [0.15, 0.2) is 0 Å². The number of halogens is 5. The van der Waals surface area contributed by atoms with Crippen molar-refractivity contribution < 1.29 is 22.0 Å². The molecule has 0 aliphatic carbocycles. The van der Waals surface area contributed by atoms with Gasteiger partial charge in [-0.15, -0.1) is 0 Å². The molecular formula is C36H17F5N4. The number of fused-ring (bicyclic) bond motifs is 6. The van der Waals surface area contributed by atoms with Gasteiger partial charge in [-0.3, -0.25) is 0 Å². The van der Waals surface area contributed by atoms with Gasteiger partial charge in [-0.05, 0) is 111 Å². The third kappa shape index (κ3) is 4.57. The van der Waals surface area contributed by atoms with Gasteiger partial charge in [-0.1, -0.05) is 30.3 Å². The molecule has 4 nitrogen and oxygen atoms in total. The average Bonchev–Trinajstić information content (AvgIpc) is 3.46. The maximum absolute atomic E-state index is 14.2. The van der Waals surface area contributed by atoms with E-state index < -0.39 is 17.6 Å². The maximum atomic E-state index is 14.2. The average molecular weight is 601 g/mol. The number of nitriles is 2. The van der Waals surface area contributed by atoms with Crippen LogP contribution in [0, 0.1) is 41.5 Å². The predicted molar refractivity (Wildman–Crippen MR) is 162 cm³/mol. The lowest BCUT2D eigenvalue weighted by molar-refractivity contribution is -0.137. The second-order valence-corrected chi connectivity index (χ2v) is 10.8. The summed E-state index contributed by atoms with van der Waals surface area (Å²) in [6, 6.07) is 21.3. The first-order chi connectivity index (χ1) is 21.5. The normalized spacial score (nSPS) is 12.9. The van der Waals surface area contributed by atoms with Gasteiger partial charge in [-0.2, -0.15) is 33.7 Å². The highest BCUT2D eigenvalue weighted by atomic mass is 19.4. The molecule has 0 saturated heterocycles. The molecule has 0 unspecified atom stereocenters. The summed E-state index contributed by atoms with van der Waals surface area (Å²) >= 11 is 0. The third-order valence-electron chi connectivity index (χ3n) is 8.06. The highest BCUT2D eigenvalue weighted by Crippen LogP contribution is 2.37. The molecule has 0 spiro atoms. The summed E-state index contributed by atoms with van der Waals surface area (Å²) in [6.07, 6.45) is -1.03. The molecule has 0 atom stereocenters. The van der Waals surface area contributed by atoms with E-state index in [1.54, 1.807) is 25.1 Å². The Balaban J connectivity index is 1.51. The van der Waals surface area contributed by atoms with Gasteiger partial charge in [-0.25, -0.2) is 8.78 Å². The Kier molecular flexibility index (Phi) is 6.24. The van der Waals surface area contributed by atoms with E-state index in [1.807, 2.05) is 48.8 Å². The molecule has 45 heavy (non-hydrogen) atoms. The molecule has 0 aliphatic heterocycles. The van der Waals surface area contributed by atoms with Crippen LogP contribution in [0.3, 0.4) is 0 Å². The first-order valence-electron chi connectivity index (χ1n) is 13.6. The first kappa shape index (κ1) is 27.9. The van der Waals surface area contributed by atoms with Crippen molar-refractivity contribution in [3.63, 3.8) is 0 Å². The second-order valence-electron chi connectivity index (χ2n) is 10.8. The highest BCUT2D eigenvalue weighted by Gasteiger charge is 2.31. The number of nitrogens with zero attached hydrogens (tertiary/aromatic N) is 4. The van der Waals surface area contributed by atoms with Gasteiger partial charge in [0.25, 0.3) is 0 Å². The molecule has 0 N–H and O–H groups in total. The Morgan fingerprint density at radius 1 is 0.511 bits per heavy atom. The van der Waals surface area contributed by atoms with Crippen molar-refractivity contribution in [2.24, 2.45) is 9.98 Å². The standard InChI is InChI=1S/C36H17F5N4/c1-18-6-21(9-24(37)7-18)19-2-4-26-28-14-33-29(15-32(28)34(44-16-42)30(26)11-19)27-5-3-20(12-31(27)35(33)45-17-43)22-8-23(36(39,40)41)13-25(38)10-22/h2-15H,1H3/b44-34+,45-35+. The lowest BCUT2D eigenvalue weighted by atomic mass is 10.00. The molecule has 216 valence electrons. The van der Waals surface area contributed by atoms with E-state index in [4.69, 9.17) is 0 Å². The molecule has 0 heterocycles. The molecule has 7 rings (SSSR count). The van der Waals surface area contributed by atoms with Gasteiger partial charge in [0.2, 0.25) is 12.4 Å². The minimum absolute atomic E-state index is 0.0292. The van der Waals surface area contributed by atoms with Crippen LogP contribution in [-0.4, -0.2) is 0 Å². The second kappa shape index (κ2) is 10.1. The molecule has 0 saturated carbocycles. The van der Waals surface area contributed by atoms with Crippen LogP contribution in [0.4, 0.5) is 22.0 Å². The van der Waals surface area contributed by atoms with E-state index in [0.717, 1.165) is 34.0 Å². The van der Waals surface area contributed by atoms with Crippen LogP contribution in [0.5, 0.6) is 0 Å². The summed E-state index contributed by atoms with van der Waals surface area (Å²) in [7, 11) is 0. The van der Waals surface area contributed by atoms with Gasteiger partial charge < -0.3 is 0 Å². The van der Waals surface area contributed by atoms with E-state index in [0.29, 0.717) is 60.2 Å². The largest absolute Gasteiger partial charge is 0.416 e. The summed E-state index contributed by atoms with van der Waals surface area (Å²) in [5.74, 6) is -1.38. The molecule has 0 amide bonds. The topological polar surface area (TPSA) is 72.3 Å². The smallest absolute Gasteiger partial charge is 0.207 e. The van der Waals surface area contributed by atoms with Crippen molar-refractivity contribution in [1.29, 1.82) is 10.5 Å². The lowest BCUT2D eigenvalue weighted by Crippen LogP contribution is -2.05. The van der Waals surface area contributed by atoms with Gasteiger partial charge in [0, 0.05) is 21.5 Å². The Morgan fingerprint density at radius 2 is 0.978 bits per heavy atom. The van der Waals surface area contributed by atoms with Gasteiger partial charge in [0.05, 0.1) is 16.3 Å². The minimum Gasteiger partial charge on any atom is -0.207 e. The molecule has 0 aliphatic rings. The van der Waals surface area contributed by atoms with Crippen LogP contribution in [0.2, 0.25) is 0 Å². The summed E-state index contributed by atoms with van der Waals surface area (Å²) in [5, 5.41) is 25.3. The number of alkyl halides is 3. The molecule has 0 fully saturated rings. The van der Waals surface area contributed by atoms with E-state index >= 15 is 0 Å². The van der Waals surface area contributed by atoms with Crippen LogP contribution in [0.15, 0.2) is 94.9 Å². The number of benzene rings is 5. The van der Waals surface area contributed by atoms with Crippen LogP contribution >= 0.6 is 0 Å². The zero-order chi connectivity index (χ0) is 31.6. The van der Waals surface area contributed by atoms with E-state index in [9.17, 15) is 32.5 Å². The van der Waals surface area contributed by atoms with Gasteiger partial charge in [0.1, 0.15) is 11.6 Å². The van der Waals surface area contributed by atoms with Crippen molar-refractivity contribution in [3.8, 4) is 34.6 Å². The fourth-order valence-electron chi connectivity index (χ4n) is 6.20. The van der Waals surface area contributed by atoms with E-state index in [2.05, 4.69) is 9.98 Å². The fourth-order valence-corrected chi connectivity index (χ4v) is 6.20. The maximum Gasteiger partial charge on any atom is 0.416 e. The predicted octanol–water partition coefficient (Wildman–Crippen LogP) is 8.88. The quantitative estimate of drug-likeness (QED) is 0.147. The van der Waals surface area contributed by atoms with Crippen LogP contribution in [0.25, 0.3) is 65.3 Å². The molecule has 0 radical (unpaired) electrons. The SMILES string of the molecule is Cc1cc(F)cc(-c2ccc3c(c2)/c(=N\C#N)c2cc4c(cc23)/c(=N/C#N)c2cc(-c3cc(F)cc(C(F)(F)F)c3)ccc24)c1. The number of hydrogen-bond acceptors (Lipinski definition) is 4. The van der Waals surface area contributed by atoms with Crippen molar-refractivity contribution >= 4 is 43.1 Å². The van der Waals surface area contributed by atoms with Crippen LogP contribution in [0.1, 0.15) is 11.1 Å². The summed E-state index contributed by atoms with van der Waals surface area (Å²) in [4.78, 5) is 8.21.